The lowest BCUT2D eigenvalue weighted by molar-refractivity contribution is -0.117. The summed E-state index contributed by atoms with van der Waals surface area (Å²) in [5.41, 5.74) is 12.4. The van der Waals surface area contributed by atoms with Crippen LogP contribution in [0.1, 0.15) is 28.8 Å². The molecule has 1 aliphatic carbocycles. The number of aryl methyl sites for hydroxylation is 1. The van der Waals surface area contributed by atoms with Gasteiger partial charge >= 0.3 is 0 Å². The highest BCUT2D eigenvalue weighted by Gasteiger charge is 2.29. The summed E-state index contributed by atoms with van der Waals surface area (Å²) >= 11 is 0. The van der Waals surface area contributed by atoms with Crippen molar-refractivity contribution in [1.82, 2.24) is 9.97 Å². The van der Waals surface area contributed by atoms with Crippen LogP contribution in [-0.2, 0) is 4.79 Å². The third-order valence-electron chi connectivity index (χ3n) is 4.77. The molecule has 1 fully saturated rings. The summed E-state index contributed by atoms with van der Waals surface area (Å²) < 4.78 is 14.7. The van der Waals surface area contributed by atoms with Gasteiger partial charge in [0.15, 0.2) is 0 Å². The van der Waals surface area contributed by atoms with Crippen LogP contribution in [0.25, 0.3) is 22.0 Å². The number of aromatic nitrogens is 2. The maximum atomic E-state index is 14.7. The van der Waals surface area contributed by atoms with Gasteiger partial charge in [0.2, 0.25) is 11.8 Å². The minimum atomic E-state index is -0.707. The molecule has 142 valence electrons. The van der Waals surface area contributed by atoms with Gasteiger partial charge in [0.1, 0.15) is 17.5 Å². The number of nitrogens with two attached hydrogens (primary N) is 2. The Bertz CT molecular complexity index is 1120. The number of hydrogen-bond donors (Lipinski definition) is 3. The molecule has 0 bridgehead atoms. The summed E-state index contributed by atoms with van der Waals surface area (Å²) in [6, 6.07) is 5.95. The first kappa shape index (κ1) is 17.8. The molecule has 0 saturated heterocycles. The molecule has 8 heteroatoms. The average Bonchev–Trinajstić information content (AvgIpc) is 3.46. The fraction of sp³-hybridized carbons (Fsp3) is 0.200. The SMILES string of the molecule is Cc1cc(C(N)=O)cc(F)c1-c1cc2cc(NC(=O)C3CC3)ncc2c(N)n1. The summed E-state index contributed by atoms with van der Waals surface area (Å²) in [6.45, 7) is 1.67. The van der Waals surface area contributed by atoms with Gasteiger partial charge in [-0.25, -0.2) is 14.4 Å². The fourth-order valence-electron chi connectivity index (χ4n) is 3.15. The van der Waals surface area contributed by atoms with Crippen LogP contribution in [-0.4, -0.2) is 21.8 Å². The normalized spacial score (nSPS) is 13.5. The standard InChI is InChI=1S/C20H18FN5O2/c1-9-4-12(19(23)27)5-14(21)17(9)15-6-11-7-16(26-20(28)10-2-3-10)24-8-13(11)18(22)25-15/h4-8,10H,2-3H2,1H3,(H2,22,25)(H2,23,27)(H,24,26,28). The molecule has 2 heterocycles. The zero-order valence-electron chi connectivity index (χ0n) is 15.1. The van der Waals surface area contributed by atoms with Gasteiger partial charge in [-0.15, -0.1) is 0 Å². The first-order valence-electron chi connectivity index (χ1n) is 8.81. The van der Waals surface area contributed by atoms with E-state index < -0.39 is 11.7 Å². The number of carbonyl (C=O) groups excluding carboxylic acids is 2. The van der Waals surface area contributed by atoms with E-state index in [1.54, 1.807) is 19.1 Å². The Morgan fingerprint density at radius 3 is 2.61 bits per heavy atom. The van der Waals surface area contributed by atoms with E-state index in [-0.39, 0.29) is 28.8 Å². The van der Waals surface area contributed by atoms with Gasteiger partial charge in [0.05, 0.1) is 5.69 Å². The molecule has 1 aliphatic rings. The summed E-state index contributed by atoms with van der Waals surface area (Å²) in [5.74, 6) is -0.729. The van der Waals surface area contributed by atoms with E-state index in [0.717, 1.165) is 18.9 Å². The second kappa shape index (κ2) is 6.56. The molecule has 1 aromatic carbocycles. The van der Waals surface area contributed by atoms with Gasteiger partial charge in [-0.3, -0.25) is 9.59 Å². The highest BCUT2D eigenvalue weighted by atomic mass is 19.1. The summed E-state index contributed by atoms with van der Waals surface area (Å²) in [5, 5.41) is 4.05. The molecular formula is C20H18FN5O2. The Hall–Kier alpha value is -3.55. The zero-order chi connectivity index (χ0) is 20.0. The van der Waals surface area contributed by atoms with Crippen LogP contribution in [0.15, 0.2) is 30.5 Å². The number of amides is 2. The van der Waals surface area contributed by atoms with Crippen molar-refractivity contribution >= 4 is 34.2 Å². The molecule has 0 spiro atoms. The van der Waals surface area contributed by atoms with Crippen molar-refractivity contribution in [3.05, 3.63) is 47.4 Å². The molecule has 3 aromatic rings. The molecule has 2 aromatic heterocycles. The number of fused-ring (bicyclic) bond motifs is 1. The van der Waals surface area contributed by atoms with Crippen molar-refractivity contribution < 1.29 is 14.0 Å². The first-order chi connectivity index (χ1) is 13.3. The number of primary amides is 1. The van der Waals surface area contributed by atoms with Gasteiger partial charge in [-0.1, -0.05) is 0 Å². The van der Waals surface area contributed by atoms with Crippen LogP contribution in [0.4, 0.5) is 16.0 Å². The number of pyridine rings is 2. The number of halogens is 1. The number of rotatable bonds is 4. The lowest BCUT2D eigenvalue weighted by atomic mass is 9.99. The highest BCUT2D eigenvalue weighted by molar-refractivity contribution is 5.99. The quantitative estimate of drug-likeness (QED) is 0.643. The van der Waals surface area contributed by atoms with E-state index in [1.807, 2.05) is 0 Å². The smallest absolute Gasteiger partial charge is 0.248 e. The molecule has 0 aliphatic heterocycles. The predicted molar refractivity (Wildman–Crippen MR) is 104 cm³/mol. The molecule has 5 N–H and O–H groups in total. The lowest BCUT2D eigenvalue weighted by Gasteiger charge is -2.12. The van der Waals surface area contributed by atoms with Gasteiger partial charge in [-0.05, 0) is 55.0 Å². The number of nitrogens with one attached hydrogen (secondary N) is 1. The largest absolute Gasteiger partial charge is 0.383 e. The highest BCUT2D eigenvalue weighted by Crippen LogP contribution is 2.33. The summed E-state index contributed by atoms with van der Waals surface area (Å²) in [4.78, 5) is 31.8. The molecule has 28 heavy (non-hydrogen) atoms. The van der Waals surface area contributed by atoms with Crippen molar-refractivity contribution in [2.45, 2.75) is 19.8 Å². The number of nitrogens with zero attached hydrogens (tertiary/aromatic N) is 2. The maximum absolute atomic E-state index is 14.7. The van der Waals surface area contributed by atoms with Crippen molar-refractivity contribution in [2.75, 3.05) is 11.1 Å². The number of benzene rings is 1. The molecule has 2 amide bonds. The van der Waals surface area contributed by atoms with Gasteiger partial charge < -0.3 is 16.8 Å². The molecule has 0 atom stereocenters. The third kappa shape index (κ3) is 3.24. The van der Waals surface area contributed by atoms with Crippen LogP contribution in [0, 0.1) is 18.7 Å². The Labute approximate surface area is 160 Å². The first-order valence-corrected chi connectivity index (χ1v) is 8.81. The van der Waals surface area contributed by atoms with Crippen molar-refractivity contribution in [2.24, 2.45) is 11.7 Å². The van der Waals surface area contributed by atoms with Gasteiger partial charge in [0.25, 0.3) is 0 Å². The van der Waals surface area contributed by atoms with Crippen LogP contribution < -0.4 is 16.8 Å². The van der Waals surface area contributed by atoms with E-state index in [1.165, 1.54) is 12.3 Å². The number of nitrogen functional groups attached to an aromatic ring is 1. The third-order valence-corrected chi connectivity index (χ3v) is 4.77. The van der Waals surface area contributed by atoms with E-state index in [9.17, 15) is 14.0 Å². The van der Waals surface area contributed by atoms with Gasteiger partial charge in [0, 0.05) is 28.6 Å². The Balaban J connectivity index is 1.79. The summed E-state index contributed by atoms with van der Waals surface area (Å²) in [7, 11) is 0. The topological polar surface area (TPSA) is 124 Å². The molecule has 0 radical (unpaired) electrons. The maximum Gasteiger partial charge on any atom is 0.248 e. The Kier molecular flexibility index (Phi) is 4.18. The minimum Gasteiger partial charge on any atom is -0.383 e. The monoisotopic (exact) mass is 379 g/mol. The molecule has 0 unspecified atom stereocenters. The fourth-order valence-corrected chi connectivity index (χ4v) is 3.15. The van der Waals surface area contributed by atoms with Crippen molar-refractivity contribution in [3.8, 4) is 11.3 Å². The van der Waals surface area contributed by atoms with Crippen LogP contribution in [0.2, 0.25) is 0 Å². The minimum absolute atomic E-state index is 0.0519. The lowest BCUT2D eigenvalue weighted by Crippen LogP contribution is -2.14. The number of anilines is 2. The number of hydrogen-bond acceptors (Lipinski definition) is 5. The molecule has 4 rings (SSSR count). The summed E-state index contributed by atoms with van der Waals surface area (Å²) in [6.07, 6.45) is 3.31. The van der Waals surface area contributed by atoms with Gasteiger partial charge in [-0.2, -0.15) is 0 Å². The Morgan fingerprint density at radius 2 is 1.96 bits per heavy atom. The van der Waals surface area contributed by atoms with E-state index >= 15 is 0 Å². The van der Waals surface area contributed by atoms with Crippen LogP contribution in [0.5, 0.6) is 0 Å². The van der Waals surface area contributed by atoms with E-state index in [4.69, 9.17) is 11.5 Å². The van der Waals surface area contributed by atoms with E-state index in [2.05, 4.69) is 15.3 Å². The zero-order valence-corrected chi connectivity index (χ0v) is 15.1. The average molecular weight is 379 g/mol. The van der Waals surface area contributed by atoms with Crippen molar-refractivity contribution in [3.63, 3.8) is 0 Å². The molecular weight excluding hydrogens is 361 g/mol. The van der Waals surface area contributed by atoms with E-state index in [0.29, 0.717) is 27.8 Å². The second-order valence-electron chi connectivity index (χ2n) is 6.96. The Morgan fingerprint density at radius 1 is 1.21 bits per heavy atom. The van der Waals surface area contributed by atoms with Crippen LogP contribution in [0.3, 0.4) is 0 Å². The molecule has 7 nitrogen and oxygen atoms in total. The number of carbonyl (C=O) groups is 2. The van der Waals surface area contributed by atoms with Crippen molar-refractivity contribution in [1.29, 1.82) is 0 Å². The van der Waals surface area contributed by atoms with Crippen LogP contribution >= 0.6 is 0 Å². The predicted octanol–water partition coefficient (Wildman–Crippen LogP) is 2.77. The molecule has 1 saturated carbocycles. The second-order valence-corrected chi connectivity index (χ2v) is 6.96.